The van der Waals surface area contributed by atoms with Gasteiger partial charge in [0.2, 0.25) is 5.91 Å². The summed E-state index contributed by atoms with van der Waals surface area (Å²) < 4.78 is 13.7. The zero-order chi connectivity index (χ0) is 13.1. The Labute approximate surface area is 106 Å². The number of carbonyl (C=O) groups is 1. The average molecular weight is 251 g/mol. The number of hydrogen-bond acceptors (Lipinski definition) is 3. The highest BCUT2D eigenvalue weighted by atomic mass is 19.1. The van der Waals surface area contributed by atoms with Crippen LogP contribution in [0.5, 0.6) is 0 Å². The Bertz CT molecular complexity index is 430. The van der Waals surface area contributed by atoms with Gasteiger partial charge in [0.15, 0.2) is 0 Å². The van der Waals surface area contributed by atoms with Crippen LogP contribution in [0.25, 0.3) is 0 Å². The quantitative estimate of drug-likeness (QED) is 0.794. The summed E-state index contributed by atoms with van der Waals surface area (Å²) in [5.41, 5.74) is 12.0. The minimum absolute atomic E-state index is 0.308. The zero-order valence-corrected chi connectivity index (χ0v) is 10.2. The lowest BCUT2D eigenvalue weighted by molar-refractivity contribution is -0.124. The molecule has 1 saturated heterocycles. The van der Waals surface area contributed by atoms with Crippen molar-refractivity contribution in [3.05, 3.63) is 29.6 Å². The van der Waals surface area contributed by atoms with Gasteiger partial charge in [0, 0.05) is 17.8 Å². The van der Waals surface area contributed by atoms with E-state index in [2.05, 4.69) is 0 Å². The van der Waals surface area contributed by atoms with Crippen LogP contribution in [0.2, 0.25) is 0 Å². The lowest BCUT2D eigenvalue weighted by Gasteiger charge is -2.33. The van der Waals surface area contributed by atoms with Crippen LogP contribution in [-0.2, 0) is 11.3 Å². The average Bonchev–Trinajstić information content (AvgIpc) is 2.34. The summed E-state index contributed by atoms with van der Waals surface area (Å²) in [6.07, 6.45) is 2.72. The predicted octanol–water partition coefficient (Wildman–Crippen LogP) is 1.25. The lowest BCUT2D eigenvalue weighted by atomic mass is 10.0. The van der Waals surface area contributed by atoms with Crippen molar-refractivity contribution in [2.24, 2.45) is 5.73 Å². The number of anilines is 1. The van der Waals surface area contributed by atoms with Gasteiger partial charge in [0.1, 0.15) is 5.82 Å². The second-order valence-corrected chi connectivity index (χ2v) is 4.69. The molecule has 0 bridgehead atoms. The first-order valence-electron chi connectivity index (χ1n) is 6.16. The number of primary amides is 1. The number of piperidine rings is 1. The minimum atomic E-state index is -0.343. The van der Waals surface area contributed by atoms with Crippen molar-refractivity contribution in [2.75, 3.05) is 12.3 Å². The molecule has 1 fully saturated rings. The Morgan fingerprint density at radius 1 is 1.44 bits per heavy atom. The number of nitrogens with two attached hydrogens (primary N) is 2. The summed E-state index contributed by atoms with van der Waals surface area (Å²) in [4.78, 5) is 13.3. The minimum Gasteiger partial charge on any atom is -0.398 e. The van der Waals surface area contributed by atoms with E-state index in [1.54, 1.807) is 12.1 Å². The monoisotopic (exact) mass is 251 g/mol. The van der Waals surface area contributed by atoms with Crippen molar-refractivity contribution in [3.63, 3.8) is 0 Å². The van der Waals surface area contributed by atoms with Gasteiger partial charge in [-0.15, -0.1) is 0 Å². The van der Waals surface area contributed by atoms with Gasteiger partial charge < -0.3 is 11.5 Å². The second-order valence-electron chi connectivity index (χ2n) is 4.69. The summed E-state index contributed by atoms with van der Waals surface area (Å²) in [6, 6.07) is 4.32. The molecule has 1 heterocycles. The van der Waals surface area contributed by atoms with Crippen LogP contribution in [0.15, 0.2) is 18.2 Å². The van der Waals surface area contributed by atoms with E-state index in [1.165, 1.54) is 6.07 Å². The van der Waals surface area contributed by atoms with E-state index in [0.717, 1.165) is 25.8 Å². The Hall–Kier alpha value is -1.62. The molecule has 5 heteroatoms. The molecule has 0 aromatic heterocycles. The molecule has 0 spiro atoms. The first kappa shape index (κ1) is 12.8. The molecule has 18 heavy (non-hydrogen) atoms. The van der Waals surface area contributed by atoms with E-state index in [9.17, 15) is 9.18 Å². The Kier molecular flexibility index (Phi) is 3.81. The van der Waals surface area contributed by atoms with Crippen LogP contribution in [-0.4, -0.2) is 23.4 Å². The van der Waals surface area contributed by atoms with Crippen molar-refractivity contribution in [2.45, 2.75) is 31.8 Å². The Balaban J connectivity index is 2.18. The number of carbonyl (C=O) groups excluding carboxylic acids is 1. The van der Waals surface area contributed by atoms with Gasteiger partial charge in [0.05, 0.1) is 6.04 Å². The van der Waals surface area contributed by atoms with Crippen LogP contribution >= 0.6 is 0 Å². The highest BCUT2D eigenvalue weighted by Crippen LogP contribution is 2.23. The van der Waals surface area contributed by atoms with E-state index in [4.69, 9.17) is 11.5 Å². The van der Waals surface area contributed by atoms with E-state index in [-0.39, 0.29) is 17.8 Å². The molecule has 98 valence electrons. The molecule has 1 unspecified atom stereocenters. The van der Waals surface area contributed by atoms with Gasteiger partial charge in [-0.05, 0) is 31.5 Å². The Morgan fingerprint density at radius 3 is 2.89 bits per heavy atom. The van der Waals surface area contributed by atoms with Crippen LogP contribution in [0.3, 0.4) is 0 Å². The SMILES string of the molecule is NC(=O)C1CCCCN1Cc1c(N)cccc1F. The van der Waals surface area contributed by atoms with Gasteiger partial charge >= 0.3 is 0 Å². The molecule has 0 aliphatic carbocycles. The number of nitrogens with zero attached hydrogens (tertiary/aromatic N) is 1. The first-order valence-corrected chi connectivity index (χ1v) is 6.16. The van der Waals surface area contributed by atoms with Crippen molar-refractivity contribution < 1.29 is 9.18 Å². The maximum Gasteiger partial charge on any atom is 0.234 e. The third-order valence-electron chi connectivity index (χ3n) is 3.46. The summed E-state index contributed by atoms with van der Waals surface area (Å²) in [7, 11) is 0. The maximum absolute atomic E-state index is 13.7. The lowest BCUT2D eigenvalue weighted by Crippen LogP contribution is -2.47. The molecule has 1 amide bonds. The number of hydrogen-bond donors (Lipinski definition) is 2. The summed E-state index contributed by atoms with van der Waals surface area (Å²) in [5, 5.41) is 0. The third kappa shape index (κ3) is 2.61. The van der Waals surface area contributed by atoms with Gasteiger partial charge in [0.25, 0.3) is 0 Å². The fourth-order valence-corrected chi connectivity index (χ4v) is 2.45. The van der Waals surface area contributed by atoms with Crippen LogP contribution < -0.4 is 11.5 Å². The van der Waals surface area contributed by atoms with Gasteiger partial charge in [-0.25, -0.2) is 4.39 Å². The molecule has 2 rings (SSSR count). The summed E-state index contributed by atoms with van der Waals surface area (Å²) >= 11 is 0. The van der Waals surface area contributed by atoms with Crippen molar-refractivity contribution in [1.82, 2.24) is 4.90 Å². The molecule has 0 radical (unpaired) electrons. The number of amides is 1. The van der Waals surface area contributed by atoms with Crippen LogP contribution in [0.4, 0.5) is 10.1 Å². The number of likely N-dealkylation sites (tertiary alicyclic amines) is 1. The number of benzene rings is 1. The fourth-order valence-electron chi connectivity index (χ4n) is 2.45. The largest absolute Gasteiger partial charge is 0.398 e. The van der Waals surface area contributed by atoms with E-state index < -0.39 is 0 Å². The fraction of sp³-hybridized carbons (Fsp3) is 0.462. The molecular weight excluding hydrogens is 233 g/mol. The number of nitrogen functional groups attached to an aromatic ring is 1. The Morgan fingerprint density at radius 2 is 2.22 bits per heavy atom. The number of rotatable bonds is 3. The third-order valence-corrected chi connectivity index (χ3v) is 3.46. The molecule has 1 atom stereocenters. The van der Waals surface area contributed by atoms with E-state index in [0.29, 0.717) is 17.8 Å². The molecule has 0 saturated carbocycles. The van der Waals surface area contributed by atoms with Gasteiger partial charge in [-0.1, -0.05) is 12.5 Å². The summed E-state index contributed by atoms with van der Waals surface area (Å²) in [5.74, 6) is -0.673. The zero-order valence-electron chi connectivity index (χ0n) is 10.2. The molecule has 4 N–H and O–H groups in total. The molecule has 1 aromatic rings. The van der Waals surface area contributed by atoms with E-state index in [1.807, 2.05) is 4.90 Å². The van der Waals surface area contributed by atoms with Crippen molar-refractivity contribution >= 4 is 11.6 Å². The van der Waals surface area contributed by atoms with Gasteiger partial charge in [-0.2, -0.15) is 0 Å². The van der Waals surface area contributed by atoms with E-state index >= 15 is 0 Å². The first-order chi connectivity index (χ1) is 8.59. The van der Waals surface area contributed by atoms with Crippen LogP contribution in [0, 0.1) is 5.82 Å². The predicted molar refractivity (Wildman–Crippen MR) is 68.1 cm³/mol. The van der Waals surface area contributed by atoms with Crippen molar-refractivity contribution in [3.8, 4) is 0 Å². The van der Waals surface area contributed by atoms with Crippen molar-refractivity contribution in [1.29, 1.82) is 0 Å². The standard InChI is InChI=1S/C13H18FN3O/c14-10-4-3-5-11(15)9(10)8-17-7-2-1-6-12(17)13(16)18/h3-5,12H,1-2,6-8,15H2,(H2,16,18). The second kappa shape index (κ2) is 5.35. The highest BCUT2D eigenvalue weighted by molar-refractivity contribution is 5.79. The summed E-state index contributed by atoms with van der Waals surface area (Å²) in [6.45, 7) is 1.09. The molecule has 1 aliphatic rings. The highest BCUT2D eigenvalue weighted by Gasteiger charge is 2.27. The number of halogens is 1. The molecule has 1 aromatic carbocycles. The topological polar surface area (TPSA) is 72.4 Å². The molecular formula is C13H18FN3O. The molecule has 4 nitrogen and oxygen atoms in total. The van der Waals surface area contributed by atoms with Crippen LogP contribution in [0.1, 0.15) is 24.8 Å². The smallest absolute Gasteiger partial charge is 0.234 e. The van der Waals surface area contributed by atoms with Gasteiger partial charge in [-0.3, -0.25) is 9.69 Å². The normalized spacial score (nSPS) is 20.8. The molecule has 1 aliphatic heterocycles. The maximum atomic E-state index is 13.7.